The topological polar surface area (TPSA) is 193 Å². The van der Waals surface area contributed by atoms with Gasteiger partial charge in [0.05, 0.1) is 0 Å². The van der Waals surface area contributed by atoms with Gasteiger partial charge in [0.1, 0.15) is 34.9 Å². The first-order chi connectivity index (χ1) is 15.8. The number of nitrogens with two attached hydrogens (primary N) is 1. The lowest BCUT2D eigenvalue weighted by Gasteiger charge is -2.49. The summed E-state index contributed by atoms with van der Waals surface area (Å²) in [6, 6.07) is 1.76. The van der Waals surface area contributed by atoms with Crippen molar-refractivity contribution in [3.05, 3.63) is 44.2 Å². The summed E-state index contributed by atoms with van der Waals surface area (Å²) in [5.74, 6) is -2.32. The van der Waals surface area contributed by atoms with E-state index in [-0.39, 0.29) is 28.0 Å². The van der Waals surface area contributed by atoms with Crippen LogP contribution in [0.2, 0.25) is 0 Å². The molecule has 2 aliphatic rings. The summed E-state index contributed by atoms with van der Waals surface area (Å²) >= 11 is 3.44. The maximum absolute atomic E-state index is 12.8. The quantitative estimate of drug-likeness (QED) is 0.216. The van der Waals surface area contributed by atoms with Crippen LogP contribution in [0.15, 0.2) is 43.1 Å². The van der Waals surface area contributed by atoms with E-state index >= 15 is 0 Å². The number of nitrogen functional groups attached to an aromatic ring is 1. The fourth-order valence-corrected chi connectivity index (χ4v) is 6.03. The Morgan fingerprint density at radius 3 is 2.82 bits per heavy atom. The molecule has 2 aromatic heterocycles. The van der Waals surface area contributed by atoms with Crippen LogP contribution < -0.4 is 16.6 Å². The zero-order valence-corrected chi connectivity index (χ0v) is 19.1. The third-order valence-electron chi connectivity index (χ3n) is 4.47. The van der Waals surface area contributed by atoms with Crippen LogP contribution >= 0.6 is 34.9 Å². The maximum atomic E-state index is 12.8. The number of thioether (sulfide) groups is 2. The second-order valence-electron chi connectivity index (χ2n) is 6.49. The summed E-state index contributed by atoms with van der Waals surface area (Å²) in [5.41, 5.74) is 5.06. The van der Waals surface area contributed by atoms with Crippen molar-refractivity contribution >= 4 is 63.5 Å². The number of fused-ring (bicyclic) bond motifs is 1. The van der Waals surface area contributed by atoms with Gasteiger partial charge in [-0.2, -0.15) is 5.10 Å². The van der Waals surface area contributed by atoms with Crippen molar-refractivity contribution in [1.29, 1.82) is 0 Å². The first kappa shape index (κ1) is 22.8. The van der Waals surface area contributed by atoms with Crippen LogP contribution in [0.4, 0.5) is 5.13 Å². The Morgan fingerprint density at radius 1 is 1.42 bits per heavy atom. The number of aliphatic carboxylic acids is 1. The molecule has 4 heterocycles. The Morgan fingerprint density at radius 2 is 2.21 bits per heavy atom. The second-order valence-corrected chi connectivity index (χ2v) is 9.60. The molecule has 0 saturated carbocycles. The molecule has 0 spiro atoms. The molecule has 1 fully saturated rings. The Hall–Kier alpha value is -3.37. The van der Waals surface area contributed by atoms with E-state index in [1.807, 2.05) is 0 Å². The van der Waals surface area contributed by atoms with Crippen LogP contribution in [0.5, 0.6) is 0 Å². The number of amides is 2. The zero-order valence-electron chi connectivity index (χ0n) is 16.7. The van der Waals surface area contributed by atoms with Gasteiger partial charge in [-0.25, -0.2) is 14.9 Å². The van der Waals surface area contributed by atoms with Crippen LogP contribution in [-0.2, 0) is 19.2 Å². The van der Waals surface area contributed by atoms with Gasteiger partial charge in [-0.15, -0.1) is 23.1 Å². The highest BCUT2D eigenvalue weighted by atomic mass is 32.2. The third kappa shape index (κ3) is 4.44. The van der Waals surface area contributed by atoms with Gasteiger partial charge in [0.25, 0.3) is 17.4 Å². The number of carboxylic acids is 1. The van der Waals surface area contributed by atoms with Crippen molar-refractivity contribution in [2.24, 2.45) is 5.16 Å². The van der Waals surface area contributed by atoms with Crippen molar-refractivity contribution in [2.75, 3.05) is 18.6 Å². The summed E-state index contributed by atoms with van der Waals surface area (Å²) < 4.78 is 0. The number of carbonyl (C=O) groups is 3. The summed E-state index contributed by atoms with van der Waals surface area (Å²) in [7, 11) is 1.26. The Bertz CT molecular complexity index is 1240. The molecule has 2 aliphatic heterocycles. The molecule has 13 nitrogen and oxygen atoms in total. The predicted molar refractivity (Wildman–Crippen MR) is 120 cm³/mol. The van der Waals surface area contributed by atoms with Crippen molar-refractivity contribution in [1.82, 2.24) is 25.4 Å². The van der Waals surface area contributed by atoms with Crippen LogP contribution in [0.3, 0.4) is 0 Å². The fraction of sp³-hybridized carbons (Fsp3) is 0.235. The summed E-state index contributed by atoms with van der Waals surface area (Å²) in [4.78, 5) is 59.0. The van der Waals surface area contributed by atoms with E-state index in [1.54, 1.807) is 0 Å². The molecule has 5 N–H and O–H groups in total. The minimum atomic E-state index is -1.29. The number of thiazole rings is 1. The van der Waals surface area contributed by atoms with E-state index < -0.39 is 34.8 Å². The Labute approximate surface area is 197 Å². The smallest absolute Gasteiger partial charge is 0.353 e. The first-order valence-electron chi connectivity index (χ1n) is 9.08. The molecule has 2 amide bonds. The molecule has 0 radical (unpaired) electrons. The van der Waals surface area contributed by atoms with E-state index in [4.69, 9.17) is 10.6 Å². The number of nitrogens with one attached hydrogen (secondary N) is 2. The molecule has 2 aromatic rings. The number of anilines is 1. The van der Waals surface area contributed by atoms with Crippen molar-refractivity contribution in [2.45, 2.75) is 16.4 Å². The normalized spacial score (nSPS) is 20.2. The van der Waals surface area contributed by atoms with E-state index in [0.717, 1.165) is 28.0 Å². The number of aromatic amines is 1. The largest absolute Gasteiger partial charge is 0.477 e. The molecular formula is C17H15N7O6S3. The molecule has 33 heavy (non-hydrogen) atoms. The number of nitrogens with zero attached hydrogens (tertiary/aromatic N) is 4. The molecule has 4 rings (SSSR count). The number of rotatable bonds is 7. The van der Waals surface area contributed by atoms with Gasteiger partial charge in [0.2, 0.25) is 0 Å². The molecule has 0 aromatic carbocycles. The van der Waals surface area contributed by atoms with Crippen molar-refractivity contribution in [3.63, 3.8) is 0 Å². The molecule has 0 aliphatic carbocycles. The third-order valence-corrected chi connectivity index (χ3v) is 7.62. The van der Waals surface area contributed by atoms with E-state index in [0.29, 0.717) is 9.93 Å². The number of H-pyrrole nitrogens is 1. The van der Waals surface area contributed by atoms with Crippen LogP contribution in [-0.4, -0.2) is 73.0 Å². The van der Waals surface area contributed by atoms with Gasteiger partial charge in [0.15, 0.2) is 10.8 Å². The molecule has 0 unspecified atom stereocenters. The van der Waals surface area contributed by atoms with Crippen molar-refractivity contribution < 1.29 is 24.3 Å². The van der Waals surface area contributed by atoms with Gasteiger partial charge < -0.3 is 21.0 Å². The Kier molecular flexibility index (Phi) is 6.39. The average Bonchev–Trinajstić information content (AvgIpc) is 3.22. The number of aromatic nitrogens is 3. The van der Waals surface area contributed by atoms with E-state index in [2.05, 4.69) is 25.7 Å². The fourth-order valence-electron chi connectivity index (χ4n) is 3.09. The second kappa shape index (κ2) is 9.24. The summed E-state index contributed by atoms with van der Waals surface area (Å²) in [5, 5.41) is 23.7. The highest BCUT2D eigenvalue weighted by Crippen LogP contribution is 2.44. The van der Waals surface area contributed by atoms with Gasteiger partial charge in [-0.3, -0.25) is 19.3 Å². The Balaban J connectivity index is 1.53. The molecule has 16 heteroatoms. The lowest BCUT2D eigenvalue weighted by atomic mass is 10.0. The number of carboxylic acid groups (broad SMARTS) is 1. The summed E-state index contributed by atoms with van der Waals surface area (Å²) in [6.45, 7) is 0. The first-order valence-corrected chi connectivity index (χ1v) is 11.8. The standard InChI is InChI=1S/C17H15N7O6S3/c1-30-23-10(6-4-32-17(18)19-6)13(26)20-11-14(27)24-12(16(28)29)7(5-31-15(11)24)33-9-3-2-8(25)21-22-9/h2-4,11,15H,5H2,1H3,(H2,18,19)(H,20,26)(H,21,25)(H,28,29)/t11-,15-/m1/s1. The lowest BCUT2D eigenvalue weighted by Crippen LogP contribution is -2.71. The minimum Gasteiger partial charge on any atom is -0.477 e. The number of hydrogen-bond acceptors (Lipinski definition) is 12. The SMILES string of the molecule is CON=C(C(=O)N[C@@H]1C(=O)N2C(C(=O)O)=C(Sc3ccc(=O)[nH]n3)CS[C@H]12)c1csc(N)n1. The predicted octanol–water partition coefficient (Wildman–Crippen LogP) is -0.352. The van der Waals surface area contributed by atoms with Gasteiger partial charge >= 0.3 is 5.97 Å². The number of hydrogen-bond donors (Lipinski definition) is 4. The maximum Gasteiger partial charge on any atom is 0.353 e. The number of carbonyl (C=O) groups excluding carboxylic acids is 2. The lowest BCUT2D eigenvalue weighted by molar-refractivity contribution is -0.150. The summed E-state index contributed by atoms with van der Waals surface area (Å²) in [6.07, 6.45) is 0. The highest BCUT2D eigenvalue weighted by molar-refractivity contribution is 8.06. The average molecular weight is 510 g/mol. The van der Waals surface area contributed by atoms with E-state index in [1.165, 1.54) is 36.4 Å². The van der Waals surface area contributed by atoms with Gasteiger partial charge in [-0.05, 0) is 6.07 Å². The molecular weight excluding hydrogens is 494 g/mol. The monoisotopic (exact) mass is 509 g/mol. The molecule has 1 saturated heterocycles. The van der Waals surface area contributed by atoms with E-state index in [9.17, 15) is 24.3 Å². The van der Waals surface area contributed by atoms with Crippen LogP contribution in [0.25, 0.3) is 0 Å². The number of oxime groups is 1. The molecule has 2 atom stereocenters. The minimum absolute atomic E-state index is 0.160. The van der Waals surface area contributed by atoms with Crippen LogP contribution in [0.1, 0.15) is 5.69 Å². The highest BCUT2D eigenvalue weighted by Gasteiger charge is 2.54. The number of β-lactam (4-membered cyclic amide) rings is 1. The molecule has 172 valence electrons. The molecule has 0 bridgehead atoms. The van der Waals surface area contributed by atoms with Crippen molar-refractivity contribution in [3.8, 4) is 0 Å². The zero-order chi connectivity index (χ0) is 23.7. The van der Waals surface area contributed by atoms with Gasteiger partial charge in [-0.1, -0.05) is 16.9 Å². The van der Waals surface area contributed by atoms with Gasteiger partial charge in [0, 0.05) is 22.1 Å². The van der Waals surface area contributed by atoms with Crippen LogP contribution in [0, 0.1) is 0 Å².